The molecule has 1 aromatic carbocycles. The van der Waals surface area contributed by atoms with E-state index in [1.54, 1.807) is 12.3 Å². The molecule has 14 heavy (non-hydrogen) atoms. The third-order valence-corrected chi connectivity index (χ3v) is 2.16. The second-order valence-corrected chi connectivity index (χ2v) is 3.11. The molecule has 1 atom stereocenters. The average molecular weight is 183 g/mol. The number of rotatable bonds is 2. The van der Waals surface area contributed by atoms with E-state index in [1.807, 2.05) is 36.4 Å². The number of nitrogens with two attached hydrogens (primary N) is 1. The van der Waals surface area contributed by atoms with E-state index in [0.717, 1.165) is 11.1 Å². The molecule has 0 bridgehead atoms. The van der Waals surface area contributed by atoms with Gasteiger partial charge in [0.1, 0.15) is 0 Å². The lowest BCUT2D eigenvalue weighted by molar-refractivity contribution is 0.863. The number of aromatic nitrogens is 1. The van der Waals surface area contributed by atoms with Gasteiger partial charge in [-0.1, -0.05) is 36.4 Å². The van der Waals surface area contributed by atoms with Crippen LogP contribution in [0.2, 0.25) is 0 Å². The highest BCUT2D eigenvalue weighted by atomic mass is 14.7. The van der Waals surface area contributed by atoms with Crippen molar-refractivity contribution >= 4 is 0 Å². The number of nitrogens with zero attached hydrogens (tertiary/aromatic N) is 1. The molecule has 2 nitrogen and oxygen atoms in total. The van der Waals surface area contributed by atoms with Crippen LogP contribution in [0.4, 0.5) is 0 Å². The quantitative estimate of drug-likeness (QED) is 0.772. The predicted octanol–water partition coefficient (Wildman–Crippen LogP) is 1.93. The lowest BCUT2D eigenvalue weighted by Gasteiger charge is -2.10. The number of pyridine rings is 1. The first-order valence-corrected chi connectivity index (χ1v) is 4.50. The van der Waals surface area contributed by atoms with E-state index in [2.05, 4.69) is 11.2 Å². The minimum absolute atomic E-state index is 0.0988. The molecule has 0 aliphatic rings. The van der Waals surface area contributed by atoms with Crippen LogP contribution in [0, 0.1) is 6.20 Å². The summed E-state index contributed by atoms with van der Waals surface area (Å²) in [5, 5.41) is 0. The Hall–Kier alpha value is -1.67. The molecule has 0 saturated heterocycles. The van der Waals surface area contributed by atoms with Crippen LogP contribution >= 0.6 is 0 Å². The Kier molecular flexibility index (Phi) is 2.56. The van der Waals surface area contributed by atoms with Crippen molar-refractivity contribution in [1.29, 1.82) is 0 Å². The highest BCUT2D eigenvalue weighted by molar-refractivity contribution is 5.28. The molecule has 2 rings (SSSR count). The third kappa shape index (κ3) is 1.80. The zero-order valence-corrected chi connectivity index (χ0v) is 7.72. The number of benzene rings is 1. The molecular weight excluding hydrogens is 172 g/mol. The van der Waals surface area contributed by atoms with Crippen molar-refractivity contribution in [3.05, 3.63) is 66.0 Å². The minimum atomic E-state index is -0.0988. The molecule has 0 aliphatic carbocycles. The topological polar surface area (TPSA) is 38.9 Å². The standard InChI is InChI=1S/C12H11N2/c13-12(10-5-2-1-3-6-10)11-7-4-8-14-9-11/h1-7,9,12H,13H2. The summed E-state index contributed by atoms with van der Waals surface area (Å²) in [7, 11) is 0. The van der Waals surface area contributed by atoms with Gasteiger partial charge in [-0.05, 0) is 17.2 Å². The Morgan fingerprint density at radius 2 is 1.86 bits per heavy atom. The van der Waals surface area contributed by atoms with Gasteiger partial charge in [-0.25, -0.2) is 0 Å². The Balaban J connectivity index is 2.30. The van der Waals surface area contributed by atoms with Crippen LogP contribution in [0.25, 0.3) is 0 Å². The Bertz CT molecular complexity index is 344. The molecule has 0 saturated carbocycles. The van der Waals surface area contributed by atoms with Crippen molar-refractivity contribution in [2.24, 2.45) is 5.73 Å². The Morgan fingerprint density at radius 1 is 1.07 bits per heavy atom. The largest absolute Gasteiger partial charge is 0.320 e. The van der Waals surface area contributed by atoms with E-state index < -0.39 is 0 Å². The summed E-state index contributed by atoms with van der Waals surface area (Å²) in [4.78, 5) is 3.93. The van der Waals surface area contributed by atoms with E-state index in [4.69, 9.17) is 5.73 Å². The lowest BCUT2D eigenvalue weighted by atomic mass is 10.0. The van der Waals surface area contributed by atoms with Crippen molar-refractivity contribution in [3.63, 3.8) is 0 Å². The van der Waals surface area contributed by atoms with Crippen LogP contribution in [0.1, 0.15) is 17.2 Å². The summed E-state index contributed by atoms with van der Waals surface area (Å²) in [6, 6.07) is 13.6. The summed E-state index contributed by atoms with van der Waals surface area (Å²) in [5.74, 6) is 0. The van der Waals surface area contributed by atoms with Crippen LogP contribution in [-0.2, 0) is 0 Å². The maximum Gasteiger partial charge on any atom is 0.0886 e. The molecule has 2 heteroatoms. The molecule has 1 radical (unpaired) electrons. The van der Waals surface area contributed by atoms with Gasteiger partial charge in [0, 0.05) is 6.20 Å². The van der Waals surface area contributed by atoms with Crippen LogP contribution in [-0.4, -0.2) is 4.98 Å². The molecule has 1 heterocycles. The maximum absolute atomic E-state index is 6.06. The van der Waals surface area contributed by atoms with E-state index in [-0.39, 0.29) is 6.04 Å². The van der Waals surface area contributed by atoms with E-state index in [1.165, 1.54) is 0 Å². The average Bonchev–Trinajstić information content (AvgIpc) is 2.30. The van der Waals surface area contributed by atoms with Gasteiger partial charge < -0.3 is 5.73 Å². The predicted molar refractivity (Wildman–Crippen MR) is 55.5 cm³/mol. The zero-order chi connectivity index (χ0) is 9.80. The highest BCUT2D eigenvalue weighted by Gasteiger charge is 2.06. The van der Waals surface area contributed by atoms with Gasteiger partial charge in [0.25, 0.3) is 0 Å². The van der Waals surface area contributed by atoms with E-state index >= 15 is 0 Å². The van der Waals surface area contributed by atoms with Gasteiger partial charge in [-0.15, -0.1) is 0 Å². The minimum Gasteiger partial charge on any atom is -0.320 e. The van der Waals surface area contributed by atoms with Crippen LogP contribution in [0.15, 0.2) is 48.7 Å². The molecule has 2 aromatic rings. The van der Waals surface area contributed by atoms with Crippen LogP contribution in [0.5, 0.6) is 0 Å². The summed E-state index contributed by atoms with van der Waals surface area (Å²) in [6.45, 7) is 0. The first-order valence-electron chi connectivity index (χ1n) is 4.50. The molecule has 69 valence electrons. The lowest BCUT2D eigenvalue weighted by Crippen LogP contribution is -2.11. The van der Waals surface area contributed by atoms with Crippen molar-refractivity contribution in [2.45, 2.75) is 6.04 Å². The SMILES string of the molecule is NC(c1ccccc1)c1cc[c]nc1. The molecule has 0 spiro atoms. The van der Waals surface area contributed by atoms with Gasteiger partial charge in [0.15, 0.2) is 0 Å². The first-order chi connectivity index (χ1) is 6.88. The van der Waals surface area contributed by atoms with Gasteiger partial charge in [0.2, 0.25) is 0 Å². The highest BCUT2D eigenvalue weighted by Crippen LogP contribution is 2.17. The molecule has 0 fully saturated rings. The number of hydrogen-bond acceptors (Lipinski definition) is 2. The monoisotopic (exact) mass is 183 g/mol. The normalized spacial score (nSPS) is 12.4. The van der Waals surface area contributed by atoms with Crippen molar-refractivity contribution in [1.82, 2.24) is 4.98 Å². The fourth-order valence-corrected chi connectivity index (χ4v) is 1.37. The molecule has 0 amide bonds. The fourth-order valence-electron chi connectivity index (χ4n) is 1.37. The summed E-state index contributed by atoms with van der Waals surface area (Å²) in [6.07, 6.45) is 4.48. The smallest absolute Gasteiger partial charge is 0.0886 e. The number of hydrogen-bond donors (Lipinski definition) is 1. The van der Waals surface area contributed by atoms with Crippen molar-refractivity contribution in [2.75, 3.05) is 0 Å². The molecular formula is C12H11N2. The third-order valence-electron chi connectivity index (χ3n) is 2.16. The van der Waals surface area contributed by atoms with Crippen LogP contribution in [0.3, 0.4) is 0 Å². The zero-order valence-electron chi connectivity index (χ0n) is 7.72. The summed E-state index contributed by atoms with van der Waals surface area (Å²) in [5.41, 5.74) is 8.17. The second-order valence-electron chi connectivity index (χ2n) is 3.11. The fraction of sp³-hybridized carbons (Fsp3) is 0.0833. The van der Waals surface area contributed by atoms with Crippen LogP contribution < -0.4 is 5.73 Å². The first kappa shape index (κ1) is 8.91. The van der Waals surface area contributed by atoms with Gasteiger partial charge in [-0.3, -0.25) is 4.98 Å². The van der Waals surface area contributed by atoms with Gasteiger partial charge >= 0.3 is 0 Å². The molecule has 2 N–H and O–H groups in total. The molecule has 0 aliphatic heterocycles. The van der Waals surface area contributed by atoms with Crippen molar-refractivity contribution < 1.29 is 0 Å². The second kappa shape index (κ2) is 4.03. The molecule has 1 aromatic heterocycles. The van der Waals surface area contributed by atoms with E-state index in [0.29, 0.717) is 0 Å². The maximum atomic E-state index is 6.06. The Labute approximate surface area is 83.4 Å². The van der Waals surface area contributed by atoms with Crippen molar-refractivity contribution in [3.8, 4) is 0 Å². The van der Waals surface area contributed by atoms with Gasteiger partial charge in [-0.2, -0.15) is 0 Å². The molecule has 1 unspecified atom stereocenters. The summed E-state index contributed by atoms with van der Waals surface area (Å²) < 4.78 is 0. The van der Waals surface area contributed by atoms with E-state index in [9.17, 15) is 0 Å². The summed E-state index contributed by atoms with van der Waals surface area (Å²) >= 11 is 0. The Morgan fingerprint density at radius 3 is 2.50 bits per heavy atom. The van der Waals surface area contributed by atoms with Gasteiger partial charge in [0.05, 0.1) is 12.2 Å².